The number of hydrogen-bond donors (Lipinski definition) is 0. The Hall–Kier alpha value is -3.13. The third-order valence-electron chi connectivity index (χ3n) is 5.08. The molecule has 1 aliphatic carbocycles. The molecule has 128 valence electrons. The molecule has 3 aromatic carbocycles. The molecule has 0 heterocycles. The van der Waals surface area contributed by atoms with E-state index in [2.05, 4.69) is 43.3 Å². The van der Waals surface area contributed by atoms with E-state index in [1.165, 1.54) is 11.1 Å². The zero-order chi connectivity index (χ0) is 18.1. The lowest BCUT2D eigenvalue weighted by atomic mass is 9.76. The fourth-order valence-electron chi connectivity index (χ4n) is 3.68. The highest BCUT2D eigenvalue weighted by atomic mass is 16.5. The average molecular weight is 340 g/mol. The van der Waals surface area contributed by atoms with Crippen LogP contribution in [0.5, 0.6) is 5.75 Å². The molecule has 0 aromatic heterocycles. The number of ketones is 1. The van der Waals surface area contributed by atoms with Crippen LogP contribution in [0.25, 0.3) is 5.57 Å². The number of ether oxygens (including phenoxy) is 1. The van der Waals surface area contributed by atoms with E-state index in [1.807, 2.05) is 36.4 Å². The molecule has 0 amide bonds. The van der Waals surface area contributed by atoms with Crippen LogP contribution < -0.4 is 4.74 Å². The van der Waals surface area contributed by atoms with Gasteiger partial charge in [0, 0.05) is 11.5 Å². The highest BCUT2D eigenvalue weighted by Crippen LogP contribution is 2.42. The molecule has 0 radical (unpaired) electrons. The molecular weight excluding hydrogens is 320 g/mol. The van der Waals surface area contributed by atoms with Crippen molar-refractivity contribution in [3.8, 4) is 5.75 Å². The summed E-state index contributed by atoms with van der Waals surface area (Å²) in [6, 6.07) is 24.0. The van der Waals surface area contributed by atoms with Gasteiger partial charge in [-0.2, -0.15) is 0 Å². The Morgan fingerprint density at radius 2 is 1.38 bits per heavy atom. The molecule has 0 unspecified atom stereocenters. The largest absolute Gasteiger partial charge is 0.497 e. The van der Waals surface area contributed by atoms with E-state index in [-0.39, 0.29) is 5.78 Å². The Morgan fingerprint density at radius 1 is 0.846 bits per heavy atom. The molecule has 4 rings (SSSR count). The Balaban J connectivity index is 1.84. The van der Waals surface area contributed by atoms with E-state index < -0.39 is 0 Å². The van der Waals surface area contributed by atoms with Crippen LogP contribution in [0.15, 0.2) is 78.9 Å². The minimum atomic E-state index is 0.00168. The first-order valence-corrected chi connectivity index (χ1v) is 8.77. The van der Waals surface area contributed by atoms with Gasteiger partial charge in [-0.15, -0.1) is 0 Å². The number of carbonyl (C=O) groups is 1. The molecule has 1 aliphatic rings. The van der Waals surface area contributed by atoms with Crippen molar-refractivity contribution in [2.45, 2.75) is 12.8 Å². The minimum absolute atomic E-state index is 0.00168. The lowest BCUT2D eigenvalue weighted by Crippen LogP contribution is -2.11. The molecule has 0 fully saturated rings. The molecule has 0 atom stereocenters. The third kappa shape index (κ3) is 2.74. The van der Waals surface area contributed by atoms with E-state index in [4.69, 9.17) is 4.74 Å². The first-order valence-electron chi connectivity index (χ1n) is 8.77. The predicted molar refractivity (Wildman–Crippen MR) is 105 cm³/mol. The topological polar surface area (TPSA) is 26.3 Å². The Kier molecular flexibility index (Phi) is 4.18. The van der Waals surface area contributed by atoms with Crippen LogP contribution in [0.2, 0.25) is 0 Å². The predicted octanol–water partition coefficient (Wildman–Crippen LogP) is 5.48. The van der Waals surface area contributed by atoms with Crippen LogP contribution in [0.3, 0.4) is 0 Å². The van der Waals surface area contributed by atoms with E-state index >= 15 is 0 Å². The van der Waals surface area contributed by atoms with E-state index in [9.17, 15) is 4.79 Å². The maximum absolute atomic E-state index is 12.9. The second-order valence-electron chi connectivity index (χ2n) is 6.55. The maximum atomic E-state index is 12.9. The van der Waals surface area contributed by atoms with Gasteiger partial charge in [0.25, 0.3) is 0 Å². The Labute approximate surface area is 153 Å². The fraction of sp³-hybridized carbons (Fsp3) is 0.125. The van der Waals surface area contributed by atoms with Crippen molar-refractivity contribution in [2.24, 2.45) is 0 Å². The molecule has 26 heavy (non-hydrogen) atoms. The van der Waals surface area contributed by atoms with Crippen LogP contribution in [0.4, 0.5) is 0 Å². The van der Waals surface area contributed by atoms with Gasteiger partial charge in [-0.3, -0.25) is 4.79 Å². The SMILES string of the molecule is COc1ccc(C(=O)C=C2c3ccccc3C(C)c3ccccc32)cc1. The molecule has 0 bridgehead atoms. The van der Waals surface area contributed by atoms with E-state index in [1.54, 1.807) is 13.2 Å². The number of rotatable bonds is 3. The number of fused-ring (bicyclic) bond motifs is 2. The van der Waals surface area contributed by atoms with Crippen molar-refractivity contribution in [3.63, 3.8) is 0 Å². The van der Waals surface area contributed by atoms with Crippen molar-refractivity contribution in [1.82, 2.24) is 0 Å². The van der Waals surface area contributed by atoms with Crippen LogP contribution in [-0.4, -0.2) is 12.9 Å². The standard InChI is InChI=1S/C24H20O2/c1-16-19-7-3-5-9-21(19)23(22-10-6-4-8-20(16)22)15-24(25)17-11-13-18(26-2)14-12-17/h3-16H,1-2H3. The highest BCUT2D eigenvalue weighted by Gasteiger charge is 2.25. The van der Waals surface area contributed by atoms with Gasteiger partial charge < -0.3 is 4.74 Å². The highest BCUT2D eigenvalue weighted by molar-refractivity contribution is 6.11. The van der Waals surface area contributed by atoms with Gasteiger partial charge in [0.05, 0.1) is 7.11 Å². The van der Waals surface area contributed by atoms with Gasteiger partial charge in [-0.1, -0.05) is 55.5 Å². The summed E-state index contributed by atoms with van der Waals surface area (Å²) in [6.45, 7) is 2.22. The molecule has 3 aromatic rings. The second-order valence-corrected chi connectivity index (χ2v) is 6.55. The lowest BCUT2D eigenvalue weighted by molar-refractivity contribution is 0.104. The molecule has 0 saturated heterocycles. The maximum Gasteiger partial charge on any atom is 0.186 e. The summed E-state index contributed by atoms with van der Waals surface area (Å²) in [6.07, 6.45) is 1.77. The van der Waals surface area contributed by atoms with Crippen LogP contribution >= 0.6 is 0 Å². The summed E-state index contributed by atoms with van der Waals surface area (Å²) in [7, 11) is 1.62. The first kappa shape index (κ1) is 16.3. The summed E-state index contributed by atoms with van der Waals surface area (Å²) in [5.74, 6) is 1.06. The molecule has 2 heteroatoms. The van der Waals surface area contributed by atoms with Gasteiger partial charge in [-0.25, -0.2) is 0 Å². The number of allylic oxidation sites excluding steroid dienone is 1. The van der Waals surface area contributed by atoms with Gasteiger partial charge in [0.15, 0.2) is 5.78 Å². The number of methoxy groups -OCH3 is 1. The van der Waals surface area contributed by atoms with Gasteiger partial charge in [0.2, 0.25) is 0 Å². The summed E-state index contributed by atoms with van der Waals surface area (Å²) in [5.41, 5.74) is 6.46. The molecule has 2 nitrogen and oxygen atoms in total. The number of benzene rings is 3. The van der Waals surface area contributed by atoms with Gasteiger partial charge in [0.1, 0.15) is 5.75 Å². The molecule has 0 N–H and O–H groups in total. The zero-order valence-corrected chi connectivity index (χ0v) is 14.9. The lowest BCUT2D eigenvalue weighted by Gasteiger charge is -2.28. The Bertz CT molecular complexity index is 947. The number of carbonyl (C=O) groups excluding carboxylic acids is 1. The molecule has 0 aliphatic heterocycles. The van der Waals surface area contributed by atoms with Gasteiger partial charge in [-0.05, 0) is 58.2 Å². The Morgan fingerprint density at radius 3 is 1.92 bits per heavy atom. The average Bonchev–Trinajstić information content (AvgIpc) is 2.71. The molecule has 0 saturated carbocycles. The minimum Gasteiger partial charge on any atom is -0.497 e. The summed E-state index contributed by atoms with van der Waals surface area (Å²) < 4.78 is 5.18. The summed E-state index contributed by atoms with van der Waals surface area (Å²) >= 11 is 0. The first-order chi connectivity index (χ1) is 12.7. The van der Waals surface area contributed by atoms with Crippen LogP contribution in [0.1, 0.15) is 45.5 Å². The summed E-state index contributed by atoms with van der Waals surface area (Å²) in [4.78, 5) is 12.9. The molecule has 0 spiro atoms. The monoisotopic (exact) mass is 340 g/mol. The summed E-state index contributed by atoms with van der Waals surface area (Å²) in [5, 5.41) is 0. The molecular formula is C24H20O2. The van der Waals surface area contributed by atoms with Crippen molar-refractivity contribution < 1.29 is 9.53 Å². The fourth-order valence-corrected chi connectivity index (χ4v) is 3.68. The van der Waals surface area contributed by atoms with Crippen LogP contribution in [-0.2, 0) is 0 Å². The second kappa shape index (κ2) is 6.64. The number of hydrogen-bond acceptors (Lipinski definition) is 2. The van der Waals surface area contributed by atoms with Crippen molar-refractivity contribution in [1.29, 1.82) is 0 Å². The zero-order valence-electron chi connectivity index (χ0n) is 14.9. The van der Waals surface area contributed by atoms with E-state index in [0.717, 1.165) is 22.4 Å². The smallest absolute Gasteiger partial charge is 0.186 e. The quantitative estimate of drug-likeness (QED) is 0.466. The van der Waals surface area contributed by atoms with E-state index in [0.29, 0.717) is 11.5 Å². The van der Waals surface area contributed by atoms with Crippen LogP contribution in [0, 0.1) is 0 Å². The third-order valence-corrected chi connectivity index (χ3v) is 5.08. The van der Waals surface area contributed by atoms with Crippen molar-refractivity contribution in [2.75, 3.05) is 7.11 Å². The van der Waals surface area contributed by atoms with Crippen molar-refractivity contribution >= 4 is 11.4 Å². The van der Waals surface area contributed by atoms with Crippen molar-refractivity contribution in [3.05, 3.63) is 107 Å². The van der Waals surface area contributed by atoms with Gasteiger partial charge >= 0.3 is 0 Å². The normalized spacial score (nSPS) is 15.0.